The fraction of sp³-hybridized carbons (Fsp3) is 0.364. The van der Waals surface area contributed by atoms with Crippen molar-refractivity contribution in [3.8, 4) is 0 Å². The van der Waals surface area contributed by atoms with Gasteiger partial charge in [-0.15, -0.1) is 0 Å². The number of hydrogen-bond donors (Lipinski definition) is 1. The molecule has 0 spiro atoms. The number of aromatic amines is 1. The van der Waals surface area contributed by atoms with Crippen molar-refractivity contribution in [2.24, 2.45) is 0 Å². The van der Waals surface area contributed by atoms with Crippen LogP contribution in [0.5, 0.6) is 0 Å². The molecule has 5 nitrogen and oxygen atoms in total. The Morgan fingerprint density at radius 1 is 1.35 bits per heavy atom. The highest BCUT2D eigenvalue weighted by molar-refractivity contribution is 5.37. The van der Waals surface area contributed by atoms with Crippen molar-refractivity contribution >= 4 is 5.95 Å². The van der Waals surface area contributed by atoms with Gasteiger partial charge in [-0.3, -0.25) is 5.10 Å². The van der Waals surface area contributed by atoms with Crippen molar-refractivity contribution in [1.82, 2.24) is 20.2 Å². The van der Waals surface area contributed by atoms with Crippen LogP contribution in [0.3, 0.4) is 0 Å². The molecule has 0 bridgehead atoms. The van der Waals surface area contributed by atoms with Gasteiger partial charge >= 0.3 is 0 Å². The summed E-state index contributed by atoms with van der Waals surface area (Å²) in [5, 5.41) is 7.05. The van der Waals surface area contributed by atoms with E-state index in [-0.39, 0.29) is 0 Å². The molecule has 0 fully saturated rings. The first-order valence-corrected chi connectivity index (χ1v) is 5.48. The Bertz CT molecular complexity index is 521. The van der Waals surface area contributed by atoms with E-state index in [0.717, 1.165) is 12.1 Å². The van der Waals surface area contributed by atoms with Gasteiger partial charge in [-0.1, -0.05) is 6.92 Å². The van der Waals surface area contributed by atoms with Crippen LogP contribution in [0, 0.1) is 5.82 Å². The lowest BCUT2D eigenvalue weighted by molar-refractivity contribution is 0.594. The van der Waals surface area contributed by atoms with Crippen LogP contribution in [-0.4, -0.2) is 26.7 Å². The van der Waals surface area contributed by atoms with Gasteiger partial charge in [0.1, 0.15) is 0 Å². The second-order valence-corrected chi connectivity index (χ2v) is 4.29. The predicted octanol–water partition coefficient (Wildman–Crippen LogP) is 1.46. The molecule has 0 saturated carbocycles. The summed E-state index contributed by atoms with van der Waals surface area (Å²) in [4.78, 5) is 10.0. The van der Waals surface area contributed by atoms with E-state index in [1.165, 1.54) is 18.1 Å². The first kappa shape index (κ1) is 10.2. The molecular weight excluding hydrogens is 221 g/mol. The smallest absolute Gasteiger partial charge is 0.225 e. The van der Waals surface area contributed by atoms with Crippen LogP contribution in [0.2, 0.25) is 0 Å². The van der Waals surface area contributed by atoms with Crippen LogP contribution < -0.4 is 4.90 Å². The molecule has 6 heteroatoms. The Kier molecular flexibility index (Phi) is 2.28. The second-order valence-electron chi connectivity index (χ2n) is 4.29. The first-order valence-electron chi connectivity index (χ1n) is 5.48. The van der Waals surface area contributed by atoms with Crippen molar-refractivity contribution < 1.29 is 4.39 Å². The van der Waals surface area contributed by atoms with Gasteiger partial charge in [-0.2, -0.15) is 5.10 Å². The molecule has 0 aliphatic carbocycles. The molecule has 1 unspecified atom stereocenters. The van der Waals surface area contributed by atoms with Crippen LogP contribution in [0.25, 0.3) is 0 Å². The lowest BCUT2D eigenvalue weighted by atomic mass is 9.99. The van der Waals surface area contributed by atoms with Crippen LogP contribution in [0.1, 0.15) is 24.1 Å². The molecule has 0 radical (unpaired) electrons. The third-order valence-corrected chi connectivity index (χ3v) is 2.99. The Balaban J connectivity index is 1.90. The van der Waals surface area contributed by atoms with Gasteiger partial charge in [0.2, 0.25) is 5.95 Å². The number of fused-ring (bicyclic) bond motifs is 1. The molecule has 2 aromatic rings. The molecule has 3 heterocycles. The minimum Gasteiger partial charge on any atom is -0.336 e. The number of anilines is 1. The summed E-state index contributed by atoms with van der Waals surface area (Å²) in [7, 11) is 0. The molecule has 17 heavy (non-hydrogen) atoms. The first-order chi connectivity index (χ1) is 8.24. The summed E-state index contributed by atoms with van der Waals surface area (Å²) < 4.78 is 12.8. The van der Waals surface area contributed by atoms with Gasteiger partial charge in [0.05, 0.1) is 18.6 Å². The Hall–Kier alpha value is -1.98. The zero-order valence-corrected chi connectivity index (χ0v) is 9.39. The summed E-state index contributed by atoms with van der Waals surface area (Å²) in [6, 6.07) is 0. The molecule has 0 amide bonds. The van der Waals surface area contributed by atoms with Crippen molar-refractivity contribution in [2.45, 2.75) is 19.4 Å². The predicted molar refractivity (Wildman–Crippen MR) is 60.0 cm³/mol. The number of rotatable bonds is 1. The summed E-state index contributed by atoms with van der Waals surface area (Å²) in [6.07, 6.45) is 4.21. The molecule has 88 valence electrons. The van der Waals surface area contributed by atoms with E-state index in [1.807, 2.05) is 11.1 Å². The fourth-order valence-corrected chi connectivity index (χ4v) is 2.19. The number of aromatic nitrogens is 4. The monoisotopic (exact) mass is 233 g/mol. The van der Waals surface area contributed by atoms with Crippen LogP contribution in [0.4, 0.5) is 10.3 Å². The van der Waals surface area contributed by atoms with Crippen LogP contribution in [-0.2, 0) is 6.54 Å². The number of hydrogen-bond acceptors (Lipinski definition) is 4. The van der Waals surface area contributed by atoms with Crippen molar-refractivity contribution in [1.29, 1.82) is 0 Å². The fourth-order valence-electron chi connectivity index (χ4n) is 2.19. The minimum atomic E-state index is -0.414. The largest absolute Gasteiger partial charge is 0.336 e. The standard InChI is InChI=1S/C11H12FN5/c1-7-5-17(6-8-2-15-16-10(7)8)11-13-3-9(12)4-14-11/h2-4,7H,5-6H2,1H3,(H,15,16). The Morgan fingerprint density at radius 2 is 2.12 bits per heavy atom. The minimum absolute atomic E-state index is 0.343. The van der Waals surface area contributed by atoms with E-state index < -0.39 is 5.82 Å². The topological polar surface area (TPSA) is 57.7 Å². The number of halogens is 1. The number of nitrogens with one attached hydrogen (secondary N) is 1. The molecule has 0 saturated heterocycles. The number of H-pyrrole nitrogens is 1. The molecular formula is C11H12FN5. The van der Waals surface area contributed by atoms with E-state index >= 15 is 0 Å². The van der Waals surface area contributed by atoms with Crippen LogP contribution >= 0.6 is 0 Å². The zero-order chi connectivity index (χ0) is 11.8. The van der Waals surface area contributed by atoms with Gasteiger partial charge in [0.25, 0.3) is 0 Å². The summed E-state index contributed by atoms with van der Waals surface area (Å²) in [6.45, 7) is 3.63. The maximum Gasteiger partial charge on any atom is 0.225 e. The quantitative estimate of drug-likeness (QED) is 0.810. The Labute approximate surface area is 97.7 Å². The van der Waals surface area contributed by atoms with E-state index in [1.54, 1.807) is 0 Å². The van der Waals surface area contributed by atoms with E-state index in [2.05, 4.69) is 27.1 Å². The normalized spacial score (nSPS) is 19.2. The second kappa shape index (κ2) is 3.80. The van der Waals surface area contributed by atoms with Crippen molar-refractivity contribution in [2.75, 3.05) is 11.4 Å². The highest BCUT2D eigenvalue weighted by Gasteiger charge is 2.25. The molecule has 3 rings (SSSR count). The van der Waals surface area contributed by atoms with E-state index in [0.29, 0.717) is 18.4 Å². The van der Waals surface area contributed by atoms with Crippen molar-refractivity contribution in [3.63, 3.8) is 0 Å². The maximum absolute atomic E-state index is 12.8. The van der Waals surface area contributed by atoms with Crippen molar-refractivity contribution in [3.05, 3.63) is 35.7 Å². The highest BCUT2D eigenvalue weighted by Crippen LogP contribution is 2.27. The summed E-state index contributed by atoms with van der Waals surface area (Å²) in [5.74, 6) is 0.489. The third-order valence-electron chi connectivity index (χ3n) is 2.99. The van der Waals surface area contributed by atoms with Gasteiger partial charge in [-0.25, -0.2) is 14.4 Å². The molecule has 2 aromatic heterocycles. The lowest BCUT2D eigenvalue weighted by Gasteiger charge is -2.30. The Morgan fingerprint density at radius 3 is 2.88 bits per heavy atom. The average molecular weight is 233 g/mol. The third kappa shape index (κ3) is 1.75. The highest BCUT2D eigenvalue weighted by atomic mass is 19.1. The van der Waals surface area contributed by atoms with Gasteiger partial charge in [0.15, 0.2) is 5.82 Å². The van der Waals surface area contributed by atoms with Gasteiger partial charge in [0, 0.05) is 30.3 Å². The van der Waals surface area contributed by atoms with Gasteiger partial charge in [-0.05, 0) is 0 Å². The lowest BCUT2D eigenvalue weighted by Crippen LogP contribution is -2.33. The zero-order valence-electron chi connectivity index (χ0n) is 9.39. The van der Waals surface area contributed by atoms with Gasteiger partial charge < -0.3 is 4.90 Å². The molecule has 0 aromatic carbocycles. The SMILES string of the molecule is CC1CN(c2ncc(F)cn2)Cc2cn[nH]c21. The summed E-state index contributed by atoms with van der Waals surface area (Å²) in [5.41, 5.74) is 2.32. The van der Waals surface area contributed by atoms with E-state index in [9.17, 15) is 4.39 Å². The molecule has 1 atom stereocenters. The molecule has 1 N–H and O–H groups in total. The van der Waals surface area contributed by atoms with E-state index in [4.69, 9.17) is 0 Å². The maximum atomic E-state index is 12.8. The average Bonchev–Trinajstić information content (AvgIpc) is 2.78. The molecule has 1 aliphatic rings. The van der Waals surface area contributed by atoms with Crippen LogP contribution in [0.15, 0.2) is 18.6 Å². The summed E-state index contributed by atoms with van der Waals surface area (Å²) >= 11 is 0. The molecule has 1 aliphatic heterocycles. The number of nitrogens with zero attached hydrogens (tertiary/aromatic N) is 4.